The van der Waals surface area contributed by atoms with Gasteiger partial charge in [0, 0.05) is 28.1 Å². The molecular formula is C24H20N2OS. The highest BCUT2D eigenvalue weighted by molar-refractivity contribution is 7.98. The molecule has 4 heteroatoms. The highest BCUT2D eigenvalue weighted by Gasteiger charge is 2.12. The fourth-order valence-electron chi connectivity index (χ4n) is 2.60. The van der Waals surface area contributed by atoms with Gasteiger partial charge in [0.1, 0.15) is 11.6 Å². The van der Waals surface area contributed by atoms with Crippen molar-refractivity contribution < 1.29 is 4.79 Å². The van der Waals surface area contributed by atoms with Crippen LogP contribution in [-0.4, -0.2) is 5.78 Å². The number of rotatable bonds is 7. The first-order valence-electron chi connectivity index (χ1n) is 8.90. The molecule has 0 atom stereocenters. The zero-order valence-corrected chi connectivity index (χ0v) is 16.4. The molecule has 3 aromatic rings. The first-order valence-corrected chi connectivity index (χ1v) is 9.89. The highest BCUT2D eigenvalue weighted by Crippen LogP contribution is 2.23. The van der Waals surface area contributed by atoms with Crippen LogP contribution in [0.2, 0.25) is 0 Å². The SMILES string of the molecule is Cc1ccc(NC=C(C#N)C(=O)c2cccc(CSc3ccccc3)c2)cc1. The van der Waals surface area contributed by atoms with Gasteiger partial charge in [0.15, 0.2) is 0 Å². The molecule has 0 spiro atoms. The van der Waals surface area contributed by atoms with Crippen molar-refractivity contribution in [3.63, 3.8) is 0 Å². The quantitative estimate of drug-likeness (QED) is 0.235. The monoisotopic (exact) mass is 384 g/mol. The Morgan fingerprint density at radius 1 is 1.04 bits per heavy atom. The van der Waals surface area contributed by atoms with E-state index in [9.17, 15) is 10.1 Å². The third-order valence-corrected chi connectivity index (χ3v) is 5.22. The topological polar surface area (TPSA) is 52.9 Å². The molecule has 0 bridgehead atoms. The van der Waals surface area contributed by atoms with Gasteiger partial charge in [-0.25, -0.2) is 0 Å². The number of hydrogen-bond acceptors (Lipinski definition) is 4. The lowest BCUT2D eigenvalue weighted by Gasteiger charge is -2.06. The van der Waals surface area contributed by atoms with Gasteiger partial charge >= 0.3 is 0 Å². The van der Waals surface area contributed by atoms with E-state index in [-0.39, 0.29) is 11.4 Å². The molecule has 0 aliphatic carbocycles. The van der Waals surface area contributed by atoms with E-state index in [2.05, 4.69) is 17.4 Å². The number of anilines is 1. The number of nitrogens with one attached hydrogen (secondary N) is 1. The molecule has 3 rings (SSSR count). The summed E-state index contributed by atoms with van der Waals surface area (Å²) in [5.41, 5.74) is 3.62. The van der Waals surface area contributed by atoms with Crippen LogP contribution in [0.1, 0.15) is 21.5 Å². The maximum Gasteiger partial charge on any atom is 0.205 e. The zero-order valence-electron chi connectivity index (χ0n) is 15.6. The molecule has 0 radical (unpaired) electrons. The summed E-state index contributed by atoms with van der Waals surface area (Å²) in [6.07, 6.45) is 1.47. The number of carbonyl (C=O) groups excluding carboxylic acids is 1. The number of nitrogens with zero attached hydrogens (tertiary/aromatic N) is 1. The van der Waals surface area contributed by atoms with Crippen LogP contribution in [0.3, 0.4) is 0 Å². The van der Waals surface area contributed by atoms with E-state index >= 15 is 0 Å². The Kier molecular flexibility index (Phi) is 6.67. The molecule has 0 aliphatic heterocycles. The number of allylic oxidation sites excluding steroid dienone is 1. The molecule has 0 amide bonds. The molecule has 0 fully saturated rings. The maximum atomic E-state index is 12.7. The number of thioether (sulfide) groups is 1. The molecule has 0 unspecified atom stereocenters. The van der Waals surface area contributed by atoms with E-state index in [1.165, 1.54) is 11.1 Å². The molecule has 138 valence electrons. The van der Waals surface area contributed by atoms with Gasteiger partial charge in [-0.05, 0) is 42.8 Å². The molecule has 0 aliphatic rings. The number of aryl methyl sites for hydroxylation is 1. The summed E-state index contributed by atoms with van der Waals surface area (Å²) >= 11 is 1.71. The van der Waals surface area contributed by atoms with Crippen molar-refractivity contribution in [2.75, 3.05) is 5.32 Å². The third-order valence-electron chi connectivity index (χ3n) is 4.14. The minimum atomic E-state index is -0.284. The maximum absolute atomic E-state index is 12.7. The minimum absolute atomic E-state index is 0.0773. The van der Waals surface area contributed by atoms with Crippen LogP contribution in [0.15, 0.2) is 95.5 Å². The van der Waals surface area contributed by atoms with Crippen LogP contribution in [0.5, 0.6) is 0 Å². The van der Waals surface area contributed by atoms with E-state index in [1.807, 2.05) is 73.7 Å². The van der Waals surface area contributed by atoms with Crippen LogP contribution >= 0.6 is 11.8 Å². The van der Waals surface area contributed by atoms with Crippen LogP contribution in [0.4, 0.5) is 5.69 Å². The second kappa shape index (κ2) is 9.59. The lowest BCUT2D eigenvalue weighted by Crippen LogP contribution is -2.05. The van der Waals surface area contributed by atoms with Gasteiger partial charge in [-0.2, -0.15) is 5.26 Å². The number of Topliss-reactive ketones (excluding diaryl/α,β-unsaturated/α-hetero) is 1. The Balaban J connectivity index is 1.70. The van der Waals surface area contributed by atoms with Crippen molar-refractivity contribution >= 4 is 23.2 Å². The molecule has 28 heavy (non-hydrogen) atoms. The van der Waals surface area contributed by atoms with E-state index < -0.39 is 0 Å². The molecule has 0 aromatic heterocycles. The summed E-state index contributed by atoms with van der Waals surface area (Å²) in [5, 5.41) is 12.4. The van der Waals surface area contributed by atoms with Crippen LogP contribution in [-0.2, 0) is 5.75 Å². The molecule has 1 N–H and O–H groups in total. The van der Waals surface area contributed by atoms with E-state index in [0.717, 1.165) is 22.6 Å². The number of benzene rings is 3. The van der Waals surface area contributed by atoms with Crippen LogP contribution < -0.4 is 5.32 Å². The fourth-order valence-corrected chi connectivity index (χ4v) is 3.46. The van der Waals surface area contributed by atoms with Crippen molar-refractivity contribution in [3.8, 4) is 6.07 Å². The summed E-state index contributed by atoms with van der Waals surface area (Å²) in [4.78, 5) is 13.9. The van der Waals surface area contributed by atoms with Gasteiger partial charge in [-0.15, -0.1) is 11.8 Å². The molecule has 3 aromatic carbocycles. The van der Waals surface area contributed by atoms with Gasteiger partial charge in [0.05, 0.1) is 0 Å². The van der Waals surface area contributed by atoms with Crippen molar-refractivity contribution in [2.24, 2.45) is 0 Å². The Morgan fingerprint density at radius 3 is 2.50 bits per heavy atom. The van der Waals surface area contributed by atoms with E-state index in [4.69, 9.17) is 0 Å². The van der Waals surface area contributed by atoms with E-state index in [1.54, 1.807) is 17.8 Å². The third kappa shape index (κ3) is 5.35. The Morgan fingerprint density at radius 2 is 1.79 bits per heavy atom. The lowest BCUT2D eigenvalue weighted by atomic mass is 10.0. The molecule has 3 nitrogen and oxygen atoms in total. The van der Waals surface area contributed by atoms with Crippen LogP contribution in [0, 0.1) is 18.3 Å². The minimum Gasteiger partial charge on any atom is -0.360 e. The van der Waals surface area contributed by atoms with Crippen molar-refractivity contribution in [2.45, 2.75) is 17.6 Å². The number of carbonyl (C=O) groups is 1. The van der Waals surface area contributed by atoms with Crippen molar-refractivity contribution in [3.05, 3.63) is 107 Å². The first-order chi connectivity index (χ1) is 13.7. The summed E-state index contributed by atoms with van der Waals surface area (Å²) in [7, 11) is 0. The molecular weight excluding hydrogens is 364 g/mol. The summed E-state index contributed by atoms with van der Waals surface area (Å²) < 4.78 is 0. The lowest BCUT2D eigenvalue weighted by molar-refractivity contribution is 0.103. The average molecular weight is 385 g/mol. The number of hydrogen-bond donors (Lipinski definition) is 1. The van der Waals surface area contributed by atoms with Gasteiger partial charge in [0.25, 0.3) is 0 Å². The van der Waals surface area contributed by atoms with Gasteiger partial charge in [-0.3, -0.25) is 4.79 Å². The van der Waals surface area contributed by atoms with Gasteiger partial charge < -0.3 is 5.32 Å². The average Bonchev–Trinajstić information content (AvgIpc) is 2.75. The summed E-state index contributed by atoms with van der Waals surface area (Å²) in [6, 6.07) is 27.3. The van der Waals surface area contributed by atoms with Crippen molar-refractivity contribution in [1.29, 1.82) is 5.26 Å². The fraction of sp³-hybridized carbons (Fsp3) is 0.0833. The Labute approximate surface area is 169 Å². The highest BCUT2D eigenvalue weighted by atomic mass is 32.2. The summed E-state index contributed by atoms with van der Waals surface area (Å²) in [5.74, 6) is 0.479. The summed E-state index contributed by atoms with van der Waals surface area (Å²) in [6.45, 7) is 2.01. The molecule has 0 saturated carbocycles. The smallest absolute Gasteiger partial charge is 0.205 e. The second-order valence-electron chi connectivity index (χ2n) is 6.31. The number of ketones is 1. The largest absolute Gasteiger partial charge is 0.360 e. The first kappa shape index (κ1) is 19.5. The van der Waals surface area contributed by atoms with Gasteiger partial charge in [-0.1, -0.05) is 54.1 Å². The zero-order chi connectivity index (χ0) is 19.8. The normalized spacial score (nSPS) is 10.9. The molecule has 0 heterocycles. The molecule has 0 saturated heterocycles. The number of nitriles is 1. The second-order valence-corrected chi connectivity index (χ2v) is 7.36. The van der Waals surface area contributed by atoms with Crippen LogP contribution in [0.25, 0.3) is 0 Å². The Bertz CT molecular complexity index is 1020. The predicted molar refractivity (Wildman–Crippen MR) is 115 cm³/mol. The van der Waals surface area contributed by atoms with Crippen molar-refractivity contribution in [1.82, 2.24) is 0 Å². The standard InChI is InChI=1S/C24H20N2OS/c1-18-10-12-22(13-11-18)26-16-21(15-25)24(27)20-7-5-6-19(14-20)17-28-23-8-3-2-4-9-23/h2-14,16,26H,17H2,1H3. The van der Waals surface area contributed by atoms with Gasteiger partial charge in [0.2, 0.25) is 5.78 Å². The predicted octanol–water partition coefficient (Wildman–Crippen LogP) is 5.99. The van der Waals surface area contributed by atoms with E-state index in [0.29, 0.717) is 5.56 Å². The Hall–Kier alpha value is -3.29.